The van der Waals surface area contributed by atoms with Gasteiger partial charge in [0.15, 0.2) is 0 Å². The Bertz CT molecular complexity index is 341. The maximum atomic E-state index is 11.7. The molecular formula is C14H22N2O2. The highest BCUT2D eigenvalue weighted by atomic mass is 16.5. The first kappa shape index (κ1) is 14.6. The highest BCUT2D eigenvalue weighted by molar-refractivity contribution is 5.89. The Morgan fingerprint density at radius 1 is 1.39 bits per heavy atom. The number of rotatable bonds is 8. The van der Waals surface area contributed by atoms with Crippen LogP contribution in [-0.4, -0.2) is 30.1 Å². The quantitative estimate of drug-likeness (QED) is 0.568. The van der Waals surface area contributed by atoms with Crippen LogP contribution < -0.4 is 5.32 Å². The Balaban J connectivity index is 2.32. The van der Waals surface area contributed by atoms with Gasteiger partial charge in [0, 0.05) is 18.4 Å². The summed E-state index contributed by atoms with van der Waals surface area (Å²) in [5.41, 5.74) is 0.549. The molecule has 4 heteroatoms. The van der Waals surface area contributed by atoms with Crippen LogP contribution in [0.5, 0.6) is 0 Å². The van der Waals surface area contributed by atoms with Crippen molar-refractivity contribution in [3.05, 3.63) is 30.1 Å². The van der Waals surface area contributed by atoms with E-state index in [-0.39, 0.29) is 12.0 Å². The van der Waals surface area contributed by atoms with E-state index in [0.29, 0.717) is 12.2 Å². The van der Waals surface area contributed by atoms with E-state index >= 15 is 0 Å². The molecule has 0 radical (unpaired) electrons. The number of nitrogens with one attached hydrogen (secondary N) is 1. The summed E-state index contributed by atoms with van der Waals surface area (Å²) in [5, 5.41) is 3.39. The third-order valence-corrected chi connectivity index (χ3v) is 2.79. The van der Waals surface area contributed by atoms with Gasteiger partial charge in [0.05, 0.1) is 5.56 Å². The third kappa shape index (κ3) is 5.27. The molecule has 18 heavy (non-hydrogen) atoms. The predicted octanol–water partition coefficient (Wildman–Crippen LogP) is 2.41. The standard InChI is InChI=1S/C14H22N2O2/c1-3-5-8-16-13(4-2)11-18-14(17)12-6-9-15-10-7-12/h6-7,9-10,13,16H,3-5,8,11H2,1-2H3. The maximum Gasteiger partial charge on any atom is 0.338 e. The molecule has 1 aromatic rings. The van der Waals surface area contributed by atoms with Crippen molar-refractivity contribution in [2.24, 2.45) is 0 Å². The number of unbranched alkanes of at least 4 members (excludes halogenated alkanes) is 1. The Hall–Kier alpha value is -1.42. The average molecular weight is 250 g/mol. The molecule has 4 nitrogen and oxygen atoms in total. The summed E-state index contributed by atoms with van der Waals surface area (Å²) in [6, 6.07) is 3.56. The number of esters is 1. The highest BCUT2D eigenvalue weighted by Gasteiger charge is 2.10. The van der Waals surface area contributed by atoms with Crippen molar-refractivity contribution in [1.82, 2.24) is 10.3 Å². The van der Waals surface area contributed by atoms with Crippen molar-refractivity contribution < 1.29 is 9.53 Å². The summed E-state index contributed by atoms with van der Waals surface area (Å²) in [6.45, 7) is 5.64. The van der Waals surface area contributed by atoms with Gasteiger partial charge in [0.1, 0.15) is 6.61 Å². The predicted molar refractivity (Wildman–Crippen MR) is 71.5 cm³/mol. The fourth-order valence-corrected chi connectivity index (χ4v) is 1.55. The van der Waals surface area contributed by atoms with Crippen LogP contribution in [0, 0.1) is 0 Å². The van der Waals surface area contributed by atoms with Gasteiger partial charge in [-0.3, -0.25) is 4.98 Å². The summed E-state index contributed by atoms with van der Waals surface area (Å²) in [4.78, 5) is 15.6. The lowest BCUT2D eigenvalue weighted by Gasteiger charge is -2.16. The Morgan fingerprint density at radius 2 is 2.11 bits per heavy atom. The van der Waals surface area contributed by atoms with Gasteiger partial charge in [0.2, 0.25) is 0 Å². The minimum Gasteiger partial charge on any atom is -0.460 e. The second-order valence-corrected chi connectivity index (χ2v) is 4.25. The smallest absolute Gasteiger partial charge is 0.338 e. The van der Waals surface area contributed by atoms with Gasteiger partial charge >= 0.3 is 5.97 Å². The Morgan fingerprint density at radius 3 is 2.72 bits per heavy atom. The minimum atomic E-state index is -0.284. The van der Waals surface area contributed by atoms with Crippen molar-refractivity contribution in [1.29, 1.82) is 0 Å². The number of hydrogen-bond acceptors (Lipinski definition) is 4. The van der Waals surface area contributed by atoms with Gasteiger partial charge in [-0.2, -0.15) is 0 Å². The lowest BCUT2D eigenvalue weighted by molar-refractivity contribution is 0.0462. The Kier molecular flexibility index (Phi) is 7.03. The molecule has 0 aliphatic heterocycles. The zero-order valence-electron chi connectivity index (χ0n) is 11.2. The zero-order chi connectivity index (χ0) is 13.2. The van der Waals surface area contributed by atoms with Crippen LogP contribution in [0.4, 0.5) is 0 Å². The molecule has 0 aliphatic rings. The van der Waals surface area contributed by atoms with E-state index in [1.807, 2.05) is 0 Å². The van der Waals surface area contributed by atoms with E-state index in [2.05, 4.69) is 24.1 Å². The van der Waals surface area contributed by atoms with Gasteiger partial charge in [0.25, 0.3) is 0 Å². The largest absolute Gasteiger partial charge is 0.460 e. The number of ether oxygens (including phenoxy) is 1. The van der Waals surface area contributed by atoms with Gasteiger partial charge in [-0.25, -0.2) is 4.79 Å². The van der Waals surface area contributed by atoms with Crippen molar-refractivity contribution >= 4 is 5.97 Å². The number of aromatic nitrogens is 1. The van der Waals surface area contributed by atoms with Crippen molar-refractivity contribution in [2.75, 3.05) is 13.2 Å². The molecule has 1 aromatic heterocycles. The highest BCUT2D eigenvalue weighted by Crippen LogP contribution is 2.01. The molecule has 0 bridgehead atoms. The van der Waals surface area contributed by atoms with E-state index in [1.54, 1.807) is 24.5 Å². The molecule has 0 spiro atoms. The van der Waals surface area contributed by atoms with Gasteiger partial charge in [-0.15, -0.1) is 0 Å². The SMILES string of the molecule is CCCCNC(CC)COC(=O)c1ccncc1. The Labute approximate surface area is 109 Å². The van der Waals surface area contributed by atoms with Crippen LogP contribution in [-0.2, 0) is 4.74 Å². The average Bonchev–Trinajstić information content (AvgIpc) is 2.43. The van der Waals surface area contributed by atoms with E-state index in [9.17, 15) is 4.79 Å². The number of carbonyl (C=O) groups excluding carboxylic acids is 1. The van der Waals surface area contributed by atoms with Crippen LogP contribution in [0.1, 0.15) is 43.5 Å². The lowest BCUT2D eigenvalue weighted by atomic mass is 10.2. The first-order chi connectivity index (χ1) is 8.77. The normalized spacial score (nSPS) is 12.1. The molecule has 1 heterocycles. The fraction of sp³-hybridized carbons (Fsp3) is 0.571. The molecule has 1 atom stereocenters. The number of carbonyl (C=O) groups is 1. The van der Waals surface area contributed by atoms with Crippen molar-refractivity contribution in [3.63, 3.8) is 0 Å². The van der Waals surface area contributed by atoms with Gasteiger partial charge < -0.3 is 10.1 Å². The first-order valence-electron chi connectivity index (χ1n) is 6.58. The summed E-state index contributed by atoms with van der Waals surface area (Å²) < 4.78 is 5.28. The molecule has 0 amide bonds. The lowest BCUT2D eigenvalue weighted by Crippen LogP contribution is -2.34. The molecule has 0 fully saturated rings. The monoisotopic (exact) mass is 250 g/mol. The summed E-state index contributed by atoms with van der Waals surface area (Å²) in [7, 11) is 0. The first-order valence-corrected chi connectivity index (χ1v) is 6.58. The second-order valence-electron chi connectivity index (χ2n) is 4.25. The molecule has 1 unspecified atom stereocenters. The molecule has 0 saturated carbocycles. The van der Waals surface area contributed by atoms with E-state index < -0.39 is 0 Å². The third-order valence-electron chi connectivity index (χ3n) is 2.79. The van der Waals surface area contributed by atoms with Gasteiger partial charge in [-0.1, -0.05) is 20.3 Å². The number of hydrogen-bond donors (Lipinski definition) is 1. The molecular weight excluding hydrogens is 228 g/mol. The van der Waals surface area contributed by atoms with Crippen molar-refractivity contribution in [3.8, 4) is 0 Å². The van der Waals surface area contributed by atoms with Gasteiger partial charge in [-0.05, 0) is 31.5 Å². The van der Waals surface area contributed by atoms with Crippen LogP contribution in [0.3, 0.4) is 0 Å². The van der Waals surface area contributed by atoms with Crippen molar-refractivity contribution in [2.45, 2.75) is 39.2 Å². The molecule has 0 aliphatic carbocycles. The molecule has 100 valence electrons. The van der Waals surface area contributed by atoms with Crippen LogP contribution in [0.2, 0.25) is 0 Å². The second kappa shape index (κ2) is 8.64. The molecule has 0 saturated heterocycles. The van der Waals surface area contributed by atoms with Crippen LogP contribution in [0.25, 0.3) is 0 Å². The van der Waals surface area contributed by atoms with Crippen LogP contribution >= 0.6 is 0 Å². The van der Waals surface area contributed by atoms with E-state index in [1.165, 1.54) is 6.42 Å². The zero-order valence-corrected chi connectivity index (χ0v) is 11.2. The topological polar surface area (TPSA) is 51.2 Å². The van der Waals surface area contributed by atoms with Crippen LogP contribution in [0.15, 0.2) is 24.5 Å². The van der Waals surface area contributed by atoms with E-state index in [0.717, 1.165) is 19.4 Å². The molecule has 1 rings (SSSR count). The molecule has 0 aromatic carbocycles. The minimum absolute atomic E-state index is 0.238. The molecule has 1 N–H and O–H groups in total. The number of pyridine rings is 1. The van der Waals surface area contributed by atoms with E-state index in [4.69, 9.17) is 4.74 Å². The summed E-state index contributed by atoms with van der Waals surface area (Å²) >= 11 is 0. The fourth-order valence-electron chi connectivity index (χ4n) is 1.55. The maximum absolute atomic E-state index is 11.7. The number of nitrogens with zero attached hydrogens (tertiary/aromatic N) is 1. The summed E-state index contributed by atoms with van der Waals surface area (Å²) in [5.74, 6) is -0.284. The summed E-state index contributed by atoms with van der Waals surface area (Å²) in [6.07, 6.45) is 6.45.